The summed E-state index contributed by atoms with van der Waals surface area (Å²) in [5, 5.41) is 0.719. The molecule has 2 nitrogen and oxygen atoms in total. The van der Waals surface area contributed by atoms with E-state index in [-0.39, 0.29) is 6.04 Å². The van der Waals surface area contributed by atoms with E-state index in [1.54, 1.807) is 7.11 Å². The number of ether oxygens (including phenoxy) is 1. The van der Waals surface area contributed by atoms with Crippen molar-refractivity contribution >= 4 is 27.5 Å². The molecule has 2 N–H and O–H groups in total. The normalized spacial score (nSPS) is 12.2. The first-order valence-corrected chi connectivity index (χ1v) is 7.52. The first kappa shape index (κ1) is 15.4. The number of hydrogen-bond donors (Lipinski definition) is 1. The number of aryl methyl sites for hydroxylation is 1. The standard InChI is InChI=1S/C16H17BrClNO/c1-10-5-11(8-14(18)6-10)15(19)9-12-7-13(17)3-4-16(12)20-2/h3-8,15H,9,19H2,1-2H3. The molecule has 0 aliphatic heterocycles. The zero-order valence-electron chi connectivity index (χ0n) is 11.5. The third-order valence-electron chi connectivity index (χ3n) is 3.17. The maximum absolute atomic E-state index is 6.31. The number of hydrogen-bond acceptors (Lipinski definition) is 2. The topological polar surface area (TPSA) is 35.2 Å². The van der Waals surface area contributed by atoms with E-state index in [1.807, 2.05) is 37.3 Å². The fourth-order valence-corrected chi connectivity index (χ4v) is 2.95. The second-order valence-corrected chi connectivity index (χ2v) is 6.18. The monoisotopic (exact) mass is 353 g/mol. The van der Waals surface area contributed by atoms with Crippen molar-refractivity contribution in [3.63, 3.8) is 0 Å². The lowest BCUT2D eigenvalue weighted by molar-refractivity contribution is 0.408. The number of methoxy groups -OCH3 is 1. The summed E-state index contributed by atoms with van der Waals surface area (Å²) < 4.78 is 6.40. The van der Waals surface area contributed by atoms with Gasteiger partial charge in [0, 0.05) is 15.5 Å². The van der Waals surface area contributed by atoms with Crippen molar-refractivity contribution in [2.24, 2.45) is 5.73 Å². The van der Waals surface area contributed by atoms with Gasteiger partial charge in [0.1, 0.15) is 5.75 Å². The second kappa shape index (κ2) is 6.61. The lowest BCUT2D eigenvalue weighted by atomic mass is 9.98. The molecule has 0 aliphatic carbocycles. The van der Waals surface area contributed by atoms with Gasteiger partial charge in [0.15, 0.2) is 0 Å². The predicted octanol–water partition coefficient (Wildman–Crippen LogP) is 4.66. The molecule has 106 valence electrons. The Bertz CT molecular complexity index is 595. The average molecular weight is 355 g/mol. The van der Waals surface area contributed by atoms with Gasteiger partial charge in [-0.3, -0.25) is 0 Å². The van der Waals surface area contributed by atoms with Crippen LogP contribution in [0.2, 0.25) is 5.02 Å². The minimum Gasteiger partial charge on any atom is -0.496 e. The predicted molar refractivity (Wildman–Crippen MR) is 87.5 cm³/mol. The smallest absolute Gasteiger partial charge is 0.122 e. The Balaban J connectivity index is 2.27. The van der Waals surface area contributed by atoms with E-state index < -0.39 is 0 Å². The number of nitrogens with two attached hydrogens (primary N) is 1. The Morgan fingerprint density at radius 2 is 2.00 bits per heavy atom. The quantitative estimate of drug-likeness (QED) is 0.866. The highest BCUT2D eigenvalue weighted by Gasteiger charge is 2.12. The minimum atomic E-state index is -0.115. The van der Waals surface area contributed by atoms with Gasteiger partial charge in [-0.2, -0.15) is 0 Å². The van der Waals surface area contributed by atoms with Gasteiger partial charge in [-0.05, 0) is 60.4 Å². The molecule has 0 saturated heterocycles. The van der Waals surface area contributed by atoms with Gasteiger partial charge < -0.3 is 10.5 Å². The Morgan fingerprint density at radius 3 is 2.65 bits per heavy atom. The molecule has 0 aliphatic rings. The van der Waals surface area contributed by atoms with Gasteiger partial charge >= 0.3 is 0 Å². The number of rotatable bonds is 4. The molecule has 0 aromatic heterocycles. The van der Waals surface area contributed by atoms with Crippen molar-refractivity contribution < 1.29 is 4.74 Å². The minimum absolute atomic E-state index is 0.115. The highest BCUT2D eigenvalue weighted by atomic mass is 79.9. The van der Waals surface area contributed by atoms with Gasteiger partial charge in [-0.15, -0.1) is 0 Å². The van der Waals surface area contributed by atoms with Crippen LogP contribution in [-0.4, -0.2) is 7.11 Å². The summed E-state index contributed by atoms with van der Waals surface area (Å²) in [5.74, 6) is 0.849. The average Bonchev–Trinajstić information content (AvgIpc) is 2.37. The van der Waals surface area contributed by atoms with Gasteiger partial charge in [0.2, 0.25) is 0 Å². The van der Waals surface area contributed by atoms with Crippen molar-refractivity contribution in [1.29, 1.82) is 0 Å². The molecular weight excluding hydrogens is 338 g/mol. The SMILES string of the molecule is COc1ccc(Br)cc1CC(N)c1cc(C)cc(Cl)c1. The Kier molecular flexibility index (Phi) is 5.08. The van der Waals surface area contributed by atoms with E-state index in [0.717, 1.165) is 31.9 Å². The molecule has 2 rings (SSSR count). The largest absolute Gasteiger partial charge is 0.496 e. The van der Waals surface area contributed by atoms with E-state index in [0.29, 0.717) is 6.42 Å². The van der Waals surface area contributed by atoms with Crippen LogP contribution in [-0.2, 0) is 6.42 Å². The van der Waals surface area contributed by atoms with Crippen LogP contribution in [0.1, 0.15) is 22.7 Å². The Hall–Kier alpha value is -1.03. The van der Waals surface area contributed by atoms with Crippen molar-refractivity contribution in [2.45, 2.75) is 19.4 Å². The first-order valence-electron chi connectivity index (χ1n) is 6.34. The lowest BCUT2D eigenvalue weighted by Crippen LogP contribution is -2.14. The number of benzene rings is 2. The third kappa shape index (κ3) is 3.75. The van der Waals surface area contributed by atoms with Crippen LogP contribution in [0.4, 0.5) is 0 Å². The molecule has 4 heteroatoms. The summed E-state index contributed by atoms with van der Waals surface area (Å²) in [6.45, 7) is 2.02. The van der Waals surface area contributed by atoms with Crippen LogP contribution >= 0.6 is 27.5 Å². The fraction of sp³-hybridized carbons (Fsp3) is 0.250. The summed E-state index contributed by atoms with van der Waals surface area (Å²) in [6, 6.07) is 11.7. The molecule has 0 radical (unpaired) electrons. The zero-order valence-corrected chi connectivity index (χ0v) is 13.8. The molecular formula is C16H17BrClNO. The van der Waals surface area contributed by atoms with E-state index >= 15 is 0 Å². The molecule has 1 unspecified atom stereocenters. The molecule has 2 aromatic rings. The summed E-state index contributed by atoms with van der Waals surface area (Å²) in [6.07, 6.45) is 0.697. The Labute approximate surface area is 133 Å². The molecule has 1 atom stereocenters. The van der Waals surface area contributed by atoms with E-state index in [9.17, 15) is 0 Å². The molecule has 0 heterocycles. The first-order chi connectivity index (χ1) is 9.49. The fourth-order valence-electron chi connectivity index (χ4n) is 2.24. The van der Waals surface area contributed by atoms with E-state index in [2.05, 4.69) is 22.0 Å². The van der Waals surface area contributed by atoms with Crippen LogP contribution in [0.25, 0.3) is 0 Å². The molecule has 0 bridgehead atoms. The highest BCUT2D eigenvalue weighted by Crippen LogP contribution is 2.28. The third-order valence-corrected chi connectivity index (χ3v) is 3.89. The van der Waals surface area contributed by atoms with Gasteiger partial charge in [0.25, 0.3) is 0 Å². The molecule has 0 saturated carbocycles. The molecule has 0 amide bonds. The van der Waals surface area contributed by atoms with Gasteiger partial charge in [0.05, 0.1) is 7.11 Å². The van der Waals surface area contributed by atoms with Crippen LogP contribution in [0, 0.1) is 6.92 Å². The highest BCUT2D eigenvalue weighted by molar-refractivity contribution is 9.10. The van der Waals surface area contributed by atoms with Crippen molar-refractivity contribution in [3.05, 3.63) is 62.6 Å². The van der Waals surface area contributed by atoms with E-state index in [1.165, 1.54) is 0 Å². The Morgan fingerprint density at radius 1 is 1.25 bits per heavy atom. The summed E-state index contributed by atoms with van der Waals surface area (Å²) in [7, 11) is 1.67. The zero-order chi connectivity index (χ0) is 14.7. The van der Waals surface area contributed by atoms with E-state index in [4.69, 9.17) is 22.1 Å². The molecule has 20 heavy (non-hydrogen) atoms. The second-order valence-electron chi connectivity index (χ2n) is 4.83. The van der Waals surface area contributed by atoms with Crippen LogP contribution in [0.3, 0.4) is 0 Å². The summed E-state index contributed by atoms with van der Waals surface area (Å²) >= 11 is 9.57. The van der Waals surface area contributed by atoms with Crippen molar-refractivity contribution in [3.8, 4) is 5.75 Å². The maximum atomic E-state index is 6.31. The van der Waals surface area contributed by atoms with Crippen LogP contribution < -0.4 is 10.5 Å². The lowest BCUT2D eigenvalue weighted by Gasteiger charge is -2.16. The van der Waals surface area contributed by atoms with Crippen LogP contribution in [0.15, 0.2) is 40.9 Å². The molecule has 0 fully saturated rings. The molecule has 2 aromatic carbocycles. The van der Waals surface area contributed by atoms with Gasteiger partial charge in [-0.25, -0.2) is 0 Å². The van der Waals surface area contributed by atoms with Crippen molar-refractivity contribution in [2.75, 3.05) is 7.11 Å². The summed E-state index contributed by atoms with van der Waals surface area (Å²) in [5.41, 5.74) is 9.54. The van der Waals surface area contributed by atoms with Crippen LogP contribution in [0.5, 0.6) is 5.75 Å². The summed E-state index contributed by atoms with van der Waals surface area (Å²) in [4.78, 5) is 0. The van der Waals surface area contributed by atoms with Gasteiger partial charge in [-0.1, -0.05) is 33.6 Å². The number of halogens is 2. The molecule has 0 spiro atoms. The van der Waals surface area contributed by atoms with Crippen molar-refractivity contribution in [1.82, 2.24) is 0 Å². The maximum Gasteiger partial charge on any atom is 0.122 e.